The number of hydrogen-bond acceptors (Lipinski definition) is 14. The third kappa shape index (κ3) is 11.6. The summed E-state index contributed by atoms with van der Waals surface area (Å²) in [6.07, 6.45) is 3.25. The molecule has 0 atom stereocenters. The molecule has 368 valence electrons. The number of ether oxygens (including phenoxy) is 8. The molecule has 0 amide bonds. The smallest absolute Gasteiger partial charge is 0.262 e. The van der Waals surface area contributed by atoms with Gasteiger partial charge in [0.15, 0.2) is 34.6 Å². The van der Waals surface area contributed by atoms with Crippen LogP contribution in [0, 0.1) is 5.82 Å². The molecule has 0 fully saturated rings. The summed E-state index contributed by atoms with van der Waals surface area (Å²) in [4.78, 5) is 8.68. The molecule has 0 spiro atoms. The monoisotopic (exact) mass is 1010 g/mol. The lowest BCUT2D eigenvalue weighted by molar-refractivity contribution is 0.355. The number of anilines is 2. The first-order valence-electron chi connectivity index (χ1n) is 21.6. The number of para-hydroxylation sites is 1. The minimum Gasteiger partial charge on any atom is -0.494 e. The first-order chi connectivity index (χ1) is 34.8. The van der Waals surface area contributed by atoms with Crippen LogP contribution in [0.2, 0.25) is 0 Å². The van der Waals surface area contributed by atoms with Crippen molar-refractivity contribution < 1.29 is 59.1 Å². The topological polar surface area (TPSA) is 192 Å². The number of nitrogens with zero attached hydrogens (tertiary/aromatic N) is 2. The molecular formula is C53H45FN4O12S2. The molecule has 0 saturated carbocycles. The summed E-state index contributed by atoms with van der Waals surface area (Å²) in [7, 11) is -0.314. The number of pyridine rings is 2. The first-order valence-corrected chi connectivity index (χ1v) is 24.6. The minimum atomic E-state index is -3.95. The molecule has 0 bridgehead atoms. The van der Waals surface area contributed by atoms with Crippen LogP contribution < -0.4 is 47.3 Å². The van der Waals surface area contributed by atoms with Gasteiger partial charge in [0.05, 0.1) is 56.4 Å². The van der Waals surface area contributed by atoms with Gasteiger partial charge in [-0.1, -0.05) is 24.3 Å². The number of fused-ring (bicyclic) bond motifs is 2. The summed E-state index contributed by atoms with van der Waals surface area (Å²) >= 11 is 0. The van der Waals surface area contributed by atoms with Gasteiger partial charge in [-0.05, 0) is 109 Å². The molecule has 9 aromatic rings. The first kappa shape index (κ1) is 49.6. The third-order valence-corrected chi connectivity index (χ3v) is 13.4. The van der Waals surface area contributed by atoms with Crippen LogP contribution in [-0.4, -0.2) is 62.4 Å². The molecular weight excluding hydrogens is 968 g/mol. The Balaban J connectivity index is 0.000000194. The van der Waals surface area contributed by atoms with E-state index in [2.05, 4.69) is 19.4 Å². The molecule has 0 aliphatic rings. The van der Waals surface area contributed by atoms with E-state index in [4.69, 9.17) is 37.9 Å². The number of halogens is 1. The summed E-state index contributed by atoms with van der Waals surface area (Å²) in [6.45, 7) is 0. The maximum atomic E-state index is 13.6. The average molecular weight is 1010 g/mol. The zero-order valence-electron chi connectivity index (χ0n) is 39.2. The van der Waals surface area contributed by atoms with Gasteiger partial charge in [0.25, 0.3) is 20.0 Å². The van der Waals surface area contributed by atoms with Gasteiger partial charge in [0, 0.05) is 58.8 Å². The van der Waals surface area contributed by atoms with Crippen LogP contribution in [0.4, 0.5) is 15.8 Å². The number of methoxy groups -OCH3 is 5. The Hall–Kier alpha value is -8.81. The molecule has 72 heavy (non-hydrogen) atoms. The highest BCUT2D eigenvalue weighted by Crippen LogP contribution is 2.39. The van der Waals surface area contributed by atoms with Crippen LogP contribution in [0.5, 0.6) is 63.2 Å². The SMILES string of the molecule is COc1cc(S(=O)(=O)Nc2ccc(Oc3ccnc4cc(OC)c(OC)cc34)cc2)ccc1F.COc1cc2nccc(Oc3ccc(NS(=O)(=O)c4cccc(Oc5ccccc5)c4)cc3)c2cc1OC. The van der Waals surface area contributed by atoms with Gasteiger partial charge >= 0.3 is 0 Å². The minimum absolute atomic E-state index is 0.0823. The van der Waals surface area contributed by atoms with Gasteiger partial charge in [-0.3, -0.25) is 19.4 Å². The molecule has 2 aromatic heterocycles. The molecule has 0 aliphatic carbocycles. The Morgan fingerprint density at radius 1 is 0.389 bits per heavy atom. The normalized spacial score (nSPS) is 11.1. The van der Waals surface area contributed by atoms with Crippen molar-refractivity contribution in [3.05, 3.63) is 176 Å². The quantitative estimate of drug-likeness (QED) is 0.0875. The number of benzene rings is 7. The second kappa shape index (κ2) is 21.9. The van der Waals surface area contributed by atoms with Crippen molar-refractivity contribution in [2.45, 2.75) is 9.79 Å². The fourth-order valence-electron chi connectivity index (χ4n) is 7.07. The molecule has 0 aliphatic heterocycles. The lowest BCUT2D eigenvalue weighted by atomic mass is 10.2. The summed E-state index contributed by atoms with van der Waals surface area (Å²) in [6, 6.07) is 42.3. The van der Waals surface area contributed by atoms with E-state index in [1.807, 2.05) is 18.2 Å². The van der Waals surface area contributed by atoms with E-state index in [0.717, 1.165) is 29.0 Å². The van der Waals surface area contributed by atoms with Crippen molar-refractivity contribution in [1.29, 1.82) is 0 Å². The molecule has 9 rings (SSSR count). The Labute approximate surface area is 414 Å². The largest absolute Gasteiger partial charge is 0.494 e. The number of aromatic nitrogens is 2. The Morgan fingerprint density at radius 3 is 1.29 bits per heavy atom. The van der Waals surface area contributed by atoms with E-state index in [9.17, 15) is 21.2 Å². The highest BCUT2D eigenvalue weighted by atomic mass is 32.2. The van der Waals surface area contributed by atoms with Gasteiger partial charge in [-0.15, -0.1) is 0 Å². The zero-order chi connectivity index (χ0) is 50.8. The number of rotatable bonds is 17. The van der Waals surface area contributed by atoms with Gasteiger partial charge in [0.1, 0.15) is 34.5 Å². The van der Waals surface area contributed by atoms with Crippen molar-refractivity contribution in [2.75, 3.05) is 45.0 Å². The Bertz CT molecular complexity index is 3590. The van der Waals surface area contributed by atoms with Crippen LogP contribution in [0.15, 0.2) is 180 Å². The molecule has 2 heterocycles. The van der Waals surface area contributed by atoms with E-state index in [1.54, 1.807) is 150 Å². The van der Waals surface area contributed by atoms with E-state index < -0.39 is 25.9 Å². The summed E-state index contributed by atoms with van der Waals surface area (Å²) < 4.78 is 114. The fraction of sp³-hybridized carbons (Fsp3) is 0.0943. The van der Waals surface area contributed by atoms with Crippen molar-refractivity contribution in [2.24, 2.45) is 0 Å². The third-order valence-electron chi connectivity index (χ3n) is 10.6. The molecule has 16 nitrogen and oxygen atoms in total. The van der Waals surface area contributed by atoms with Crippen LogP contribution >= 0.6 is 0 Å². The van der Waals surface area contributed by atoms with Crippen molar-refractivity contribution in [1.82, 2.24) is 9.97 Å². The molecule has 2 N–H and O–H groups in total. The van der Waals surface area contributed by atoms with E-state index >= 15 is 0 Å². The molecule has 0 unspecified atom stereocenters. The molecule has 0 saturated heterocycles. The molecule has 7 aromatic carbocycles. The number of hydrogen-bond donors (Lipinski definition) is 2. The molecule has 19 heteroatoms. The average Bonchev–Trinajstić information content (AvgIpc) is 3.39. The highest BCUT2D eigenvalue weighted by Gasteiger charge is 2.19. The predicted octanol–water partition coefficient (Wildman–Crippen LogP) is 11.6. The Morgan fingerprint density at radius 2 is 0.819 bits per heavy atom. The van der Waals surface area contributed by atoms with Crippen molar-refractivity contribution >= 4 is 53.2 Å². The van der Waals surface area contributed by atoms with Crippen LogP contribution in [0.3, 0.4) is 0 Å². The second-order valence-electron chi connectivity index (χ2n) is 15.2. The number of nitrogens with one attached hydrogen (secondary N) is 2. The van der Waals surface area contributed by atoms with E-state index in [0.29, 0.717) is 79.9 Å². The predicted molar refractivity (Wildman–Crippen MR) is 270 cm³/mol. The summed E-state index contributed by atoms with van der Waals surface area (Å²) in [5.74, 6) is 4.55. The maximum absolute atomic E-state index is 13.6. The highest BCUT2D eigenvalue weighted by molar-refractivity contribution is 7.93. The lowest BCUT2D eigenvalue weighted by Crippen LogP contribution is -2.13. The Kier molecular flexibility index (Phi) is 15.1. The van der Waals surface area contributed by atoms with Crippen LogP contribution in [-0.2, 0) is 20.0 Å². The fourth-order valence-corrected chi connectivity index (χ4v) is 9.24. The van der Waals surface area contributed by atoms with Crippen molar-refractivity contribution in [3.63, 3.8) is 0 Å². The van der Waals surface area contributed by atoms with E-state index in [-0.39, 0.29) is 15.5 Å². The van der Waals surface area contributed by atoms with Crippen LogP contribution in [0.25, 0.3) is 21.8 Å². The summed E-state index contributed by atoms with van der Waals surface area (Å²) in [5, 5.41) is 1.46. The van der Waals surface area contributed by atoms with Gasteiger partial charge < -0.3 is 37.9 Å². The van der Waals surface area contributed by atoms with Gasteiger partial charge in [-0.25, -0.2) is 21.2 Å². The van der Waals surface area contributed by atoms with Gasteiger partial charge in [0.2, 0.25) is 0 Å². The number of sulfonamides is 2. The standard InChI is InChI=1S/C29H24N2O6S.C24H21FN2O6S/c1-34-28-18-25-26(19-29(28)35-2)30-16-15-27(25)37-22-13-11-20(12-14-22)31-38(32,33)24-10-6-9-23(17-24)36-21-7-4-3-5-8-21;1-30-22-12-17(8-9-19(22)25)34(28,29)27-15-4-6-16(7-5-15)33-21-10-11-26-20-14-24(32-3)23(31-2)13-18(20)21/h3-19,31H,1-2H3;4-14,27H,1-3H3. The van der Waals surface area contributed by atoms with Crippen molar-refractivity contribution in [3.8, 4) is 63.2 Å². The van der Waals surface area contributed by atoms with E-state index in [1.165, 1.54) is 19.2 Å². The van der Waals surface area contributed by atoms with Crippen LogP contribution in [0.1, 0.15) is 0 Å². The second-order valence-corrected chi connectivity index (χ2v) is 18.6. The lowest BCUT2D eigenvalue weighted by Gasteiger charge is -2.13. The maximum Gasteiger partial charge on any atom is 0.262 e. The molecule has 0 radical (unpaired) electrons. The summed E-state index contributed by atoms with van der Waals surface area (Å²) in [5.41, 5.74) is 2.04. The zero-order valence-corrected chi connectivity index (χ0v) is 40.8. The van der Waals surface area contributed by atoms with Gasteiger partial charge in [-0.2, -0.15) is 0 Å².